The first-order valence-electron chi connectivity index (χ1n) is 15.5. The molecule has 1 fully saturated rings. The van der Waals surface area contributed by atoms with Crippen LogP contribution in [0.4, 0.5) is 23.4 Å². The summed E-state index contributed by atoms with van der Waals surface area (Å²) in [6, 6.07) is 19.9. The van der Waals surface area contributed by atoms with E-state index in [9.17, 15) is 0 Å². The minimum Gasteiger partial charge on any atom is -0.497 e. The van der Waals surface area contributed by atoms with Gasteiger partial charge in [-0.15, -0.1) is 0 Å². The lowest BCUT2D eigenvalue weighted by Crippen LogP contribution is -2.37. The second kappa shape index (κ2) is 13.8. The maximum absolute atomic E-state index is 6.28. The van der Waals surface area contributed by atoms with Crippen molar-refractivity contribution in [1.29, 1.82) is 0 Å². The van der Waals surface area contributed by atoms with Crippen molar-refractivity contribution in [2.75, 3.05) is 61.8 Å². The third kappa shape index (κ3) is 6.77. The standard InChI is InChI=1S/C35H35ClN8O3/c1-45-28-7-3-24(4-8-28)22-43(23-25-5-9-29(46-2)10-6-25)34-38-20-26(21-39-34)32-30-12-14-44(27-11-13-37-31(36)19-27)33(30)41-35(40-32)42-15-17-47-18-16-42/h3-11,13,19-21H,12,14-18,22-23H2,1-2H3. The van der Waals surface area contributed by atoms with E-state index in [1.54, 1.807) is 20.4 Å². The molecule has 0 radical (unpaired) electrons. The van der Waals surface area contributed by atoms with Crippen LogP contribution in [0.2, 0.25) is 5.15 Å². The molecule has 47 heavy (non-hydrogen) atoms. The zero-order valence-electron chi connectivity index (χ0n) is 26.3. The first-order valence-corrected chi connectivity index (χ1v) is 15.9. The molecule has 2 aliphatic heterocycles. The number of halogens is 1. The lowest BCUT2D eigenvalue weighted by atomic mass is 10.1. The van der Waals surface area contributed by atoms with E-state index < -0.39 is 0 Å². The molecule has 0 amide bonds. The summed E-state index contributed by atoms with van der Waals surface area (Å²) in [6.45, 7) is 4.69. The summed E-state index contributed by atoms with van der Waals surface area (Å²) < 4.78 is 16.3. The highest BCUT2D eigenvalue weighted by atomic mass is 35.5. The summed E-state index contributed by atoms with van der Waals surface area (Å²) in [4.78, 5) is 30.7. The lowest BCUT2D eigenvalue weighted by Gasteiger charge is -2.28. The average Bonchev–Trinajstić information content (AvgIpc) is 3.56. The number of pyridine rings is 1. The molecule has 11 nitrogen and oxygen atoms in total. The molecule has 0 saturated carbocycles. The first kappa shape index (κ1) is 30.6. The molecule has 240 valence electrons. The molecule has 7 rings (SSSR count). The van der Waals surface area contributed by atoms with Gasteiger partial charge in [0.1, 0.15) is 22.5 Å². The van der Waals surface area contributed by atoms with Crippen LogP contribution in [0.3, 0.4) is 0 Å². The fourth-order valence-corrected chi connectivity index (χ4v) is 6.07. The number of hydrogen-bond acceptors (Lipinski definition) is 11. The molecular formula is C35H35ClN8O3. The van der Waals surface area contributed by atoms with Crippen molar-refractivity contribution in [3.63, 3.8) is 0 Å². The van der Waals surface area contributed by atoms with Gasteiger partial charge in [-0.25, -0.2) is 19.9 Å². The Morgan fingerprint density at radius 1 is 0.809 bits per heavy atom. The second-order valence-corrected chi connectivity index (χ2v) is 11.7. The Hall–Kier alpha value is -5.00. The molecule has 1 saturated heterocycles. The quantitative estimate of drug-likeness (QED) is 0.173. The average molecular weight is 651 g/mol. The van der Waals surface area contributed by atoms with Crippen LogP contribution in [0, 0.1) is 0 Å². The Bertz CT molecular complexity index is 1770. The summed E-state index contributed by atoms with van der Waals surface area (Å²) in [6.07, 6.45) is 6.23. The summed E-state index contributed by atoms with van der Waals surface area (Å²) in [7, 11) is 3.34. The lowest BCUT2D eigenvalue weighted by molar-refractivity contribution is 0.122. The zero-order chi connectivity index (χ0) is 32.2. The Balaban J connectivity index is 1.23. The summed E-state index contributed by atoms with van der Waals surface area (Å²) in [5.41, 5.74) is 5.91. The number of hydrogen-bond donors (Lipinski definition) is 0. The van der Waals surface area contributed by atoms with Crippen LogP contribution in [0.1, 0.15) is 16.7 Å². The molecule has 0 N–H and O–H groups in total. The molecule has 2 aromatic carbocycles. The van der Waals surface area contributed by atoms with Crippen molar-refractivity contribution in [1.82, 2.24) is 24.9 Å². The number of anilines is 4. The van der Waals surface area contributed by atoms with Crippen molar-refractivity contribution in [3.8, 4) is 22.8 Å². The van der Waals surface area contributed by atoms with Gasteiger partial charge in [0, 0.05) is 68.1 Å². The number of aromatic nitrogens is 5. The van der Waals surface area contributed by atoms with Crippen LogP contribution in [0.25, 0.3) is 11.3 Å². The van der Waals surface area contributed by atoms with Gasteiger partial charge in [-0.1, -0.05) is 35.9 Å². The van der Waals surface area contributed by atoms with Gasteiger partial charge in [0.25, 0.3) is 0 Å². The third-order valence-electron chi connectivity index (χ3n) is 8.39. The second-order valence-electron chi connectivity index (χ2n) is 11.3. The van der Waals surface area contributed by atoms with E-state index in [1.807, 2.05) is 48.8 Å². The highest BCUT2D eigenvalue weighted by Crippen LogP contribution is 2.39. The van der Waals surface area contributed by atoms with E-state index in [2.05, 4.69) is 43.9 Å². The molecular weight excluding hydrogens is 616 g/mol. The third-order valence-corrected chi connectivity index (χ3v) is 8.60. The van der Waals surface area contributed by atoms with Gasteiger partial charge in [0.15, 0.2) is 0 Å². The van der Waals surface area contributed by atoms with Crippen molar-refractivity contribution in [2.24, 2.45) is 0 Å². The van der Waals surface area contributed by atoms with E-state index in [1.165, 1.54) is 0 Å². The number of morpholine rings is 1. The predicted octanol–water partition coefficient (Wildman–Crippen LogP) is 5.74. The minimum absolute atomic E-state index is 0.441. The van der Waals surface area contributed by atoms with E-state index >= 15 is 0 Å². The molecule has 0 unspecified atom stereocenters. The Kier molecular flexibility index (Phi) is 8.98. The number of benzene rings is 2. The number of methoxy groups -OCH3 is 2. The van der Waals surface area contributed by atoms with Crippen molar-refractivity contribution >= 4 is 35.0 Å². The summed E-state index contributed by atoms with van der Waals surface area (Å²) >= 11 is 6.28. The van der Waals surface area contributed by atoms with Gasteiger partial charge in [-0.05, 0) is 53.9 Å². The highest BCUT2D eigenvalue weighted by Gasteiger charge is 2.29. The number of fused-ring (bicyclic) bond motifs is 1. The maximum Gasteiger partial charge on any atom is 0.228 e. The monoisotopic (exact) mass is 650 g/mol. The van der Waals surface area contributed by atoms with Crippen LogP contribution in [-0.2, 0) is 24.2 Å². The molecule has 0 atom stereocenters. The van der Waals surface area contributed by atoms with Gasteiger partial charge in [0.05, 0.1) is 33.1 Å². The Morgan fingerprint density at radius 3 is 2.04 bits per heavy atom. The molecule has 0 spiro atoms. The van der Waals surface area contributed by atoms with Gasteiger partial charge in [-0.2, -0.15) is 4.98 Å². The number of rotatable bonds is 10. The number of nitrogens with zero attached hydrogens (tertiary/aromatic N) is 8. The topological polar surface area (TPSA) is 102 Å². The predicted molar refractivity (Wildman–Crippen MR) is 182 cm³/mol. The van der Waals surface area contributed by atoms with E-state index in [4.69, 9.17) is 45.7 Å². The van der Waals surface area contributed by atoms with Crippen molar-refractivity contribution < 1.29 is 14.2 Å². The van der Waals surface area contributed by atoms with E-state index in [0.29, 0.717) is 43.4 Å². The SMILES string of the molecule is COc1ccc(CN(Cc2ccc(OC)cc2)c2ncc(-c3nc(N4CCOCC4)nc4c3CCN4c3ccnc(Cl)c3)cn2)cc1. The highest BCUT2D eigenvalue weighted by molar-refractivity contribution is 6.29. The molecule has 5 heterocycles. The minimum atomic E-state index is 0.441. The molecule has 3 aromatic heterocycles. The van der Waals surface area contributed by atoms with Crippen LogP contribution in [0.5, 0.6) is 11.5 Å². The number of ether oxygens (including phenoxy) is 3. The Labute approximate surface area is 278 Å². The van der Waals surface area contributed by atoms with E-state index in [-0.39, 0.29) is 0 Å². The van der Waals surface area contributed by atoms with Crippen LogP contribution >= 0.6 is 11.6 Å². The van der Waals surface area contributed by atoms with Gasteiger partial charge in [-0.3, -0.25) is 0 Å². The molecule has 5 aromatic rings. The zero-order valence-corrected chi connectivity index (χ0v) is 27.1. The first-order chi connectivity index (χ1) is 23.1. The maximum atomic E-state index is 6.28. The molecule has 0 bridgehead atoms. The van der Waals surface area contributed by atoms with Gasteiger partial charge in [0.2, 0.25) is 11.9 Å². The fourth-order valence-electron chi connectivity index (χ4n) is 5.91. The Morgan fingerprint density at radius 2 is 1.45 bits per heavy atom. The van der Waals surface area contributed by atoms with Crippen molar-refractivity contribution in [3.05, 3.63) is 101 Å². The normalized spacial score (nSPS) is 14.2. The summed E-state index contributed by atoms with van der Waals surface area (Å²) in [5.74, 6) is 3.78. The fraction of sp³-hybridized carbons (Fsp3) is 0.286. The van der Waals surface area contributed by atoms with Crippen LogP contribution in [-0.4, -0.2) is 72.0 Å². The summed E-state index contributed by atoms with van der Waals surface area (Å²) in [5, 5.41) is 0.441. The smallest absolute Gasteiger partial charge is 0.228 e. The van der Waals surface area contributed by atoms with Crippen LogP contribution < -0.4 is 24.2 Å². The van der Waals surface area contributed by atoms with Gasteiger partial charge < -0.3 is 28.9 Å². The molecule has 2 aliphatic rings. The van der Waals surface area contributed by atoms with Crippen molar-refractivity contribution in [2.45, 2.75) is 19.5 Å². The van der Waals surface area contributed by atoms with E-state index in [0.717, 1.165) is 77.0 Å². The molecule has 12 heteroatoms. The largest absolute Gasteiger partial charge is 0.497 e. The van der Waals surface area contributed by atoms with Gasteiger partial charge >= 0.3 is 0 Å². The van der Waals surface area contributed by atoms with Crippen LogP contribution in [0.15, 0.2) is 79.3 Å². The molecule has 0 aliphatic carbocycles.